The number of amides is 1. The van der Waals surface area contributed by atoms with E-state index < -0.39 is 11.9 Å². The van der Waals surface area contributed by atoms with Crippen LogP contribution in [0.4, 0.5) is 10.1 Å². The van der Waals surface area contributed by atoms with Crippen molar-refractivity contribution in [1.29, 1.82) is 0 Å². The molecular weight excluding hydrogens is 279 g/mol. The lowest BCUT2D eigenvalue weighted by Crippen LogP contribution is -2.11. The molecule has 1 amide bonds. The van der Waals surface area contributed by atoms with Crippen LogP contribution in [0.5, 0.6) is 0 Å². The topological polar surface area (TPSA) is 55.1 Å². The van der Waals surface area contributed by atoms with Crippen molar-refractivity contribution in [3.05, 3.63) is 46.8 Å². The number of halogens is 2. The highest BCUT2D eigenvalue weighted by Crippen LogP contribution is 2.15. The Bertz CT molecular complexity index is 510. The van der Waals surface area contributed by atoms with E-state index in [-0.39, 0.29) is 5.76 Å². The smallest absolute Gasteiger partial charge is 0.291 e. The predicted molar refractivity (Wildman–Crippen MR) is 58.6 cm³/mol. The van der Waals surface area contributed by atoms with Gasteiger partial charge in [-0.2, -0.15) is 4.39 Å². The molecule has 2 rings (SSSR count). The Labute approximate surface area is 98.6 Å². The van der Waals surface area contributed by atoms with E-state index in [4.69, 9.17) is 4.42 Å². The minimum Gasteiger partial charge on any atom is -0.444 e. The average Bonchev–Trinajstić information content (AvgIpc) is 2.68. The first-order chi connectivity index (χ1) is 7.65. The maximum absolute atomic E-state index is 12.5. The second-order valence-corrected chi connectivity index (χ2v) is 3.71. The number of aromatic nitrogens is 1. The van der Waals surface area contributed by atoms with Crippen LogP contribution in [0.1, 0.15) is 10.6 Å². The second-order valence-electron chi connectivity index (χ2n) is 2.93. The van der Waals surface area contributed by atoms with Gasteiger partial charge in [0.05, 0.1) is 11.9 Å². The van der Waals surface area contributed by atoms with Crippen LogP contribution in [-0.4, -0.2) is 10.9 Å². The van der Waals surface area contributed by atoms with E-state index in [9.17, 15) is 9.18 Å². The van der Waals surface area contributed by atoms with Gasteiger partial charge in [-0.15, -0.1) is 0 Å². The van der Waals surface area contributed by atoms with Gasteiger partial charge >= 0.3 is 0 Å². The van der Waals surface area contributed by atoms with Crippen molar-refractivity contribution in [2.75, 3.05) is 5.32 Å². The first-order valence-electron chi connectivity index (χ1n) is 4.33. The molecule has 0 saturated heterocycles. The van der Waals surface area contributed by atoms with Gasteiger partial charge in [-0.1, -0.05) is 0 Å². The summed E-state index contributed by atoms with van der Waals surface area (Å²) in [6.07, 6.45) is 1.23. The Kier molecular flexibility index (Phi) is 3.00. The Morgan fingerprint density at radius 2 is 2.19 bits per heavy atom. The van der Waals surface area contributed by atoms with E-state index in [1.807, 2.05) is 0 Å². The summed E-state index contributed by atoms with van der Waals surface area (Å²) < 4.78 is 18.0. The van der Waals surface area contributed by atoms with Crippen LogP contribution in [0.3, 0.4) is 0 Å². The molecule has 0 fully saturated rings. The van der Waals surface area contributed by atoms with Crippen molar-refractivity contribution in [3.63, 3.8) is 0 Å². The third kappa shape index (κ3) is 2.46. The van der Waals surface area contributed by atoms with Crippen LogP contribution in [0.15, 0.2) is 39.5 Å². The molecule has 0 spiro atoms. The highest BCUT2D eigenvalue weighted by atomic mass is 79.9. The number of rotatable bonds is 2. The molecule has 0 saturated carbocycles. The number of carbonyl (C=O) groups excluding carboxylic acids is 1. The fourth-order valence-corrected chi connectivity index (χ4v) is 1.39. The number of anilines is 1. The molecule has 82 valence electrons. The van der Waals surface area contributed by atoms with E-state index in [1.165, 1.54) is 18.3 Å². The van der Waals surface area contributed by atoms with Crippen molar-refractivity contribution in [1.82, 2.24) is 4.98 Å². The van der Waals surface area contributed by atoms with Crippen molar-refractivity contribution in [2.45, 2.75) is 0 Å². The number of pyridine rings is 1. The first kappa shape index (κ1) is 10.8. The molecule has 0 unspecified atom stereocenters. The summed E-state index contributed by atoms with van der Waals surface area (Å²) in [6.45, 7) is 0. The van der Waals surface area contributed by atoms with Crippen LogP contribution in [0.2, 0.25) is 0 Å². The molecule has 2 aromatic rings. The molecule has 0 aromatic carbocycles. The van der Waals surface area contributed by atoms with Gasteiger partial charge in [0.2, 0.25) is 5.95 Å². The normalized spacial score (nSPS) is 10.1. The van der Waals surface area contributed by atoms with Gasteiger partial charge in [0, 0.05) is 0 Å². The molecule has 2 aromatic heterocycles. The van der Waals surface area contributed by atoms with Gasteiger partial charge in [0.25, 0.3) is 5.91 Å². The van der Waals surface area contributed by atoms with Crippen LogP contribution < -0.4 is 5.32 Å². The van der Waals surface area contributed by atoms with Crippen molar-refractivity contribution >= 4 is 27.5 Å². The number of carbonyl (C=O) groups is 1. The van der Waals surface area contributed by atoms with E-state index in [1.54, 1.807) is 6.07 Å². The molecule has 1 N–H and O–H groups in total. The van der Waals surface area contributed by atoms with Crippen LogP contribution >= 0.6 is 15.9 Å². The fourth-order valence-electron chi connectivity index (χ4n) is 1.08. The lowest BCUT2D eigenvalue weighted by molar-refractivity contribution is 0.0995. The summed E-state index contributed by atoms with van der Waals surface area (Å²) in [6, 6.07) is 5.71. The highest BCUT2D eigenvalue weighted by molar-refractivity contribution is 9.10. The summed E-state index contributed by atoms with van der Waals surface area (Å²) in [5.74, 6) is -0.853. The molecule has 6 heteroatoms. The standard InChI is InChI=1S/C10H6BrFN2O2/c11-8-3-2-7(16-8)10(15)14-6-1-4-9(12)13-5-6/h1-5H,(H,14,15). The van der Waals surface area contributed by atoms with Gasteiger partial charge in [-0.25, -0.2) is 4.98 Å². The Balaban J connectivity index is 2.10. The SMILES string of the molecule is O=C(Nc1ccc(F)nc1)c1ccc(Br)o1. The number of furan rings is 1. The number of hydrogen-bond acceptors (Lipinski definition) is 3. The van der Waals surface area contributed by atoms with E-state index in [0.29, 0.717) is 10.4 Å². The van der Waals surface area contributed by atoms with Crippen LogP contribution in [0.25, 0.3) is 0 Å². The number of hydrogen-bond donors (Lipinski definition) is 1. The molecule has 2 heterocycles. The van der Waals surface area contributed by atoms with Gasteiger partial charge in [-0.3, -0.25) is 4.79 Å². The molecule has 0 aliphatic rings. The van der Waals surface area contributed by atoms with Gasteiger partial charge in [0.1, 0.15) is 0 Å². The fraction of sp³-hybridized carbons (Fsp3) is 0. The maximum atomic E-state index is 12.5. The van der Waals surface area contributed by atoms with Gasteiger partial charge < -0.3 is 9.73 Å². The molecule has 0 radical (unpaired) electrons. The van der Waals surface area contributed by atoms with Gasteiger partial charge in [0.15, 0.2) is 10.4 Å². The zero-order chi connectivity index (χ0) is 11.5. The lowest BCUT2D eigenvalue weighted by Gasteiger charge is -2.01. The highest BCUT2D eigenvalue weighted by Gasteiger charge is 2.10. The van der Waals surface area contributed by atoms with Crippen LogP contribution in [0, 0.1) is 5.95 Å². The summed E-state index contributed by atoms with van der Waals surface area (Å²) in [4.78, 5) is 15.0. The Morgan fingerprint density at radius 1 is 1.38 bits per heavy atom. The molecular formula is C10H6BrFN2O2. The predicted octanol–water partition coefficient (Wildman–Crippen LogP) is 2.83. The van der Waals surface area contributed by atoms with E-state index >= 15 is 0 Å². The summed E-state index contributed by atoms with van der Waals surface area (Å²) in [5, 5.41) is 2.52. The lowest BCUT2D eigenvalue weighted by atomic mass is 10.3. The Hall–Kier alpha value is -1.69. The number of nitrogens with zero attached hydrogens (tertiary/aromatic N) is 1. The van der Waals surface area contributed by atoms with Gasteiger partial charge in [-0.05, 0) is 40.2 Å². The third-order valence-corrected chi connectivity index (χ3v) is 2.21. The molecule has 0 aliphatic heterocycles. The minimum absolute atomic E-state index is 0.163. The summed E-state index contributed by atoms with van der Waals surface area (Å²) in [5.41, 5.74) is 0.402. The summed E-state index contributed by atoms with van der Waals surface area (Å²) in [7, 11) is 0. The third-order valence-electron chi connectivity index (χ3n) is 1.78. The average molecular weight is 285 g/mol. The zero-order valence-corrected chi connectivity index (χ0v) is 9.49. The molecule has 0 aliphatic carbocycles. The largest absolute Gasteiger partial charge is 0.444 e. The summed E-state index contributed by atoms with van der Waals surface area (Å²) >= 11 is 3.09. The van der Waals surface area contributed by atoms with Crippen LogP contribution in [-0.2, 0) is 0 Å². The zero-order valence-electron chi connectivity index (χ0n) is 7.91. The molecule has 4 nitrogen and oxygen atoms in total. The van der Waals surface area contributed by atoms with Crippen molar-refractivity contribution in [2.24, 2.45) is 0 Å². The number of nitrogens with one attached hydrogen (secondary N) is 1. The second kappa shape index (κ2) is 4.44. The van der Waals surface area contributed by atoms with Crippen molar-refractivity contribution < 1.29 is 13.6 Å². The first-order valence-corrected chi connectivity index (χ1v) is 5.13. The molecule has 16 heavy (non-hydrogen) atoms. The quantitative estimate of drug-likeness (QED) is 0.863. The monoisotopic (exact) mass is 284 g/mol. The molecule has 0 bridgehead atoms. The minimum atomic E-state index is -0.598. The Morgan fingerprint density at radius 3 is 2.75 bits per heavy atom. The molecule has 0 atom stereocenters. The van der Waals surface area contributed by atoms with E-state index in [0.717, 1.165) is 6.07 Å². The maximum Gasteiger partial charge on any atom is 0.291 e. The van der Waals surface area contributed by atoms with Crippen molar-refractivity contribution in [3.8, 4) is 0 Å². The van der Waals surface area contributed by atoms with E-state index in [2.05, 4.69) is 26.2 Å².